The fourth-order valence-electron chi connectivity index (χ4n) is 1.15. The zero-order valence-electron chi connectivity index (χ0n) is 6.17. The van der Waals surface area contributed by atoms with Gasteiger partial charge in [0.25, 0.3) is 0 Å². The SMILES string of the molecule is CC1C(CNPP)CN1P. The lowest BCUT2D eigenvalue weighted by atomic mass is 9.94. The molecular formula is C5H15N2P3. The molecule has 5 unspecified atom stereocenters. The summed E-state index contributed by atoms with van der Waals surface area (Å²) in [7, 11) is 6.27. The molecule has 60 valence electrons. The van der Waals surface area contributed by atoms with Gasteiger partial charge in [-0.1, -0.05) is 18.3 Å². The summed E-state index contributed by atoms with van der Waals surface area (Å²) in [5.41, 5.74) is 0. The molecule has 0 spiro atoms. The first-order chi connectivity index (χ1) is 4.75. The monoisotopic (exact) mass is 196 g/mol. The van der Waals surface area contributed by atoms with Crippen molar-refractivity contribution in [3.63, 3.8) is 0 Å². The van der Waals surface area contributed by atoms with Gasteiger partial charge in [-0.25, -0.2) is 0 Å². The molecule has 10 heavy (non-hydrogen) atoms. The van der Waals surface area contributed by atoms with Crippen molar-refractivity contribution in [1.29, 1.82) is 0 Å². The molecule has 1 aliphatic rings. The largest absolute Gasteiger partial charge is 0.295 e. The number of rotatable bonds is 3. The first kappa shape index (κ1) is 9.30. The van der Waals surface area contributed by atoms with Crippen molar-refractivity contribution >= 4 is 26.7 Å². The third kappa shape index (κ3) is 2.10. The Hall–Kier alpha value is 1.21. The molecule has 1 saturated heterocycles. The maximum absolute atomic E-state index is 3.36. The zero-order chi connectivity index (χ0) is 7.56. The molecule has 0 aliphatic carbocycles. The highest BCUT2D eigenvalue weighted by atomic mass is 32.0. The van der Waals surface area contributed by atoms with Crippen LogP contribution in [0.1, 0.15) is 6.92 Å². The fourth-order valence-corrected chi connectivity index (χ4v) is 2.40. The summed E-state index contributed by atoms with van der Waals surface area (Å²) in [6, 6.07) is 0.749. The second-order valence-corrected chi connectivity index (χ2v) is 4.89. The van der Waals surface area contributed by atoms with Crippen LogP contribution in [0.15, 0.2) is 0 Å². The molecule has 1 fully saturated rings. The Morgan fingerprint density at radius 1 is 1.80 bits per heavy atom. The van der Waals surface area contributed by atoms with Crippen molar-refractivity contribution in [2.45, 2.75) is 13.0 Å². The fraction of sp³-hybridized carbons (Fsp3) is 1.00. The quantitative estimate of drug-likeness (QED) is 0.679. The lowest BCUT2D eigenvalue weighted by Crippen LogP contribution is -2.51. The molecule has 1 N–H and O–H groups in total. The van der Waals surface area contributed by atoms with Crippen molar-refractivity contribution in [3.8, 4) is 0 Å². The molecule has 5 atom stereocenters. The van der Waals surface area contributed by atoms with E-state index in [-0.39, 0.29) is 0 Å². The smallest absolute Gasteiger partial charge is 0.0154 e. The van der Waals surface area contributed by atoms with E-state index >= 15 is 0 Å². The molecule has 0 bridgehead atoms. The van der Waals surface area contributed by atoms with Gasteiger partial charge in [0.1, 0.15) is 0 Å². The molecule has 1 aliphatic heterocycles. The third-order valence-corrected chi connectivity index (χ3v) is 3.82. The predicted octanol–water partition coefficient (Wildman–Crippen LogP) is 1.07. The van der Waals surface area contributed by atoms with Crippen molar-refractivity contribution in [3.05, 3.63) is 0 Å². The molecule has 0 aromatic carbocycles. The molecular weight excluding hydrogens is 181 g/mol. The Kier molecular flexibility index (Phi) is 3.99. The summed E-state index contributed by atoms with van der Waals surface area (Å²) in [4.78, 5) is 0. The van der Waals surface area contributed by atoms with E-state index in [0.717, 1.165) is 20.4 Å². The van der Waals surface area contributed by atoms with Crippen LogP contribution in [0.5, 0.6) is 0 Å². The third-order valence-electron chi connectivity index (χ3n) is 2.12. The zero-order valence-corrected chi connectivity index (χ0v) is 9.48. The van der Waals surface area contributed by atoms with Gasteiger partial charge in [0.2, 0.25) is 0 Å². The number of hydrogen-bond acceptors (Lipinski definition) is 2. The molecule has 2 nitrogen and oxygen atoms in total. The average Bonchev–Trinajstić information content (AvgIpc) is 1.97. The van der Waals surface area contributed by atoms with Gasteiger partial charge in [0.15, 0.2) is 0 Å². The number of hydrogen-bond donors (Lipinski definition) is 1. The minimum Gasteiger partial charge on any atom is -0.295 e. The summed E-state index contributed by atoms with van der Waals surface area (Å²) in [6.07, 6.45) is 0. The Morgan fingerprint density at radius 2 is 2.50 bits per heavy atom. The maximum atomic E-state index is 3.36. The van der Waals surface area contributed by atoms with Crippen molar-refractivity contribution in [1.82, 2.24) is 9.76 Å². The Balaban J connectivity index is 2.08. The van der Waals surface area contributed by atoms with Crippen LogP contribution in [0.25, 0.3) is 0 Å². The van der Waals surface area contributed by atoms with E-state index < -0.39 is 0 Å². The average molecular weight is 196 g/mol. The van der Waals surface area contributed by atoms with Crippen LogP contribution in [0.2, 0.25) is 0 Å². The van der Waals surface area contributed by atoms with E-state index in [4.69, 9.17) is 0 Å². The van der Waals surface area contributed by atoms with Crippen LogP contribution in [0.3, 0.4) is 0 Å². The van der Waals surface area contributed by atoms with Gasteiger partial charge in [-0.05, 0) is 15.3 Å². The van der Waals surface area contributed by atoms with Crippen molar-refractivity contribution < 1.29 is 0 Å². The first-order valence-electron chi connectivity index (χ1n) is 3.45. The Morgan fingerprint density at radius 3 is 2.90 bits per heavy atom. The molecule has 0 radical (unpaired) electrons. The summed E-state index contributed by atoms with van der Waals surface area (Å²) >= 11 is 0. The molecule has 0 amide bonds. The van der Waals surface area contributed by atoms with E-state index in [9.17, 15) is 0 Å². The van der Waals surface area contributed by atoms with Gasteiger partial charge in [0, 0.05) is 25.0 Å². The Bertz CT molecular complexity index is 111. The van der Waals surface area contributed by atoms with Crippen molar-refractivity contribution in [2.75, 3.05) is 13.1 Å². The van der Waals surface area contributed by atoms with Gasteiger partial charge in [-0.2, -0.15) is 0 Å². The van der Waals surface area contributed by atoms with Gasteiger partial charge in [0.05, 0.1) is 0 Å². The van der Waals surface area contributed by atoms with Crippen LogP contribution in [-0.4, -0.2) is 23.8 Å². The number of nitrogens with zero attached hydrogens (tertiary/aromatic N) is 1. The molecule has 1 rings (SSSR count). The standard InChI is InChI=1S/C5H15N2P3/c1-4-5(2-6-10-9)3-7(4)8/h4-6,10H,2-3,8-9H2,1H3. The molecule has 0 aromatic rings. The van der Waals surface area contributed by atoms with Crippen molar-refractivity contribution in [2.24, 2.45) is 5.92 Å². The second-order valence-electron chi connectivity index (χ2n) is 2.72. The minimum absolute atomic E-state index is 0.749. The topological polar surface area (TPSA) is 15.3 Å². The summed E-state index contributed by atoms with van der Waals surface area (Å²) in [5, 5.41) is 3.36. The maximum Gasteiger partial charge on any atom is 0.0154 e. The van der Waals surface area contributed by atoms with E-state index in [1.165, 1.54) is 13.1 Å². The highest BCUT2D eigenvalue weighted by molar-refractivity contribution is 8.01. The predicted molar refractivity (Wildman–Crippen MR) is 55.4 cm³/mol. The van der Waals surface area contributed by atoms with Crippen LogP contribution in [-0.2, 0) is 0 Å². The highest BCUT2D eigenvalue weighted by Gasteiger charge is 2.31. The number of nitrogens with one attached hydrogen (secondary N) is 1. The lowest BCUT2D eigenvalue weighted by Gasteiger charge is -2.43. The van der Waals surface area contributed by atoms with Gasteiger partial charge >= 0.3 is 0 Å². The van der Waals surface area contributed by atoms with E-state index in [1.54, 1.807) is 0 Å². The summed E-state index contributed by atoms with van der Waals surface area (Å²) in [6.45, 7) is 4.68. The van der Waals surface area contributed by atoms with Gasteiger partial charge in [-0.3, -0.25) is 9.76 Å². The van der Waals surface area contributed by atoms with Crippen LogP contribution in [0.4, 0.5) is 0 Å². The van der Waals surface area contributed by atoms with Crippen LogP contribution in [0, 0.1) is 5.92 Å². The summed E-state index contributed by atoms with van der Waals surface area (Å²) < 4.78 is 2.30. The van der Waals surface area contributed by atoms with Crippen LogP contribution < -0.4 is 5.09 Å². The van der Waals surface area contributed by atoms with Gasteiger partial charge < -0.3 is 0 Å². The molecule has 0 saturated carbocycles. The Labute approximate surface area is 69.1 Å². The normalized spacial score (nSPS) is 35.1. The molecule has 0 aromatic heterocycles. The van der Waals surface area contributed by atoms with Crippen LogP contribution >= 0.6 is 26.7 Å². The highest BCUT2D eigenvalue weighted by Crippen LogP contribution is 2.28. The first-order valence-corrected chi connectivity index (χ1v) is 6.78. The molecule has 5 heteroatoms. The van der Waals surface area contributed by atoms with Gasteiger partial charge in [-0.15, -0.1) is 0 Å². The van der Waals surface area contributed by atoms with E-state index in [2.05, 4.69) is 35.0 Å². The second kappa shape index (κ2) is 4.29. The molecule has 1 heterocycles. The van der Waals surface area contributed by atoms with E-state index in [1.807, 2.05) is 0 Å². The minimum atomic E-state index is 0.749. The lowest BCUT2D eigenvalue weighted by molar-refractivity contribution is 0.133. The van der Waals surface area contributed by atoms with E-state index in [0.29, 0.717) is 0 Å². The summed E-state index contributed by atoms with van der Waals surface area (Å²) in [5.74, 6) is 0.866.